The quantitative estimate of drug-likeness (QED) is 0.892. The van der Waals surface area contributed by atoms with E-state index in [4.69, 9.17) is 4.42 Å². The number of hydrogen-bond acceptors (Lipinski definition) is 3. The fourth-order valence-electron chi connectivity index (χ4n) is 2.94. The lowest BCUT2D eigenvalue weighted by Crippen LogP contribution is -2.46. The number of hydrogen-bond donors (Lipinski definition) is 1. The number of fused-ring (bicyclic) bond motifs is 1. The first-order chi connectivity index (χ1) is 11.2. The van der Waals surface area contributed by atoms with Gasteiger partial charge >= 0.3 is 0 Å². The van der Waals surface area contributed by atoms with E-state index >= 15 is 0 Å². The number of carbonyl (C=O) groups excluding carboxylic acids is 2. The van der Waals surface area contributed by atoms with Gasteiger partial charge in [0.05, 0.1) is 12.8 Å². The Morgan fingerprint density at radius 2 is 2.13 bits per heavy atom. The molecule has 0 bridgehead atoms. The third-order valence-electron chi connectivity index (χ3n) is 4.11. The second kappa shape index (κ2) is 6.69. The van der Waals surface area contributed by atoms with Crippen LogP contribution in [-0.2, 0) is 17.9 Å². The predicted molar refractivity (Wildman–Crippen MR) is 85.6 cm³/mol. The highest BCUT2D eigenvalue weighted by molar-refractivity contribution is 6.01. The Morgan fingerprint density at radius 1 is 1.30 bits per heavy atom. The van der Waals surface area contributed by atoms with E-state index in [0.717, 1.165) is 12.0 Å². The summed E-state index contributed by atoms with van der Waals surface area (Å²) in [6.07, 6.45) is 3.05. The largest absolute Gasteiger partial charge is 0.467 e. The lowest BCUT2D eigenvalue weighted by molar-refractivity contribution is -0.126. The Labute approximate surface area is 135 Å². The molecule has 1 aromatic heterocycles. The van der Waals surface area contributed by atoms with Crippen LogP contribution in [0.1, 0.15) is 41.4 Å². The summed E-state index contributed by atoms with van der Waals surface area (Å²) in [4.78, 5) is 26.8. The Bertz CT molecular complexity index is 694. The Kier molecular flexibility index (Phi) is 4.46. The van der Waals surface area contributed by atoms with Crippen molar-refractivity contribution in [2.45, 2.75) is 38.9 Å². The van der Waals surface area contributed by atoms with E-state index in [1.165, 1.54) is 0 Å². The molecule has 3 rings (SSSR count). The molecule has 0 saturated carbocycles. The zero-order chi connectivity index (χ0) is 16.2. The van der Waals surface area contributed by atoms with Crippen LogP contribution in [0.2, 0.25) is 0 Å². The van der Waals surface area contributed by atoms with Crippen LogP contribution in [0.5, 0.6) is 0 Å². The molecule has 1 aliphatic rings. The van der Waals surface area contributed by atoms with E-state index in [0.29, 0.717) is 30.8 Å². The smallest absolute Gasteiger partial charge is 0.255 e. The van der Waals surface area contributed by atoms with E-state index < -0.39 is 6.04 Å². The molecule has 2 aromatic rings. The zero-order valence-corrected chi connectivity index (χ0v) is 13.1. The van der Waals surface area contributed by atoms with Gasteiger partial charge < -0.3 is 14.6 Å². The molecule has 5 heteroatoms. The standard InChI is InChI=1S/C18H20N2O3/c1-2-6-16(17(21)19-11-14-8-5-10-23-14)20-12-13-7-3-4-9-15(13)18(20)22/h3-5,7-10,16H,2,6,11-12H2,1H3,(H,19,21)/t16-/m1/s1. The SMILES string of the molecule is CCC[C@H](C(=O)NCc1ccco1)N1Cc2ccccc2C1=O. The number of benzene rings is 1. The lowest BCUT2D eigenvalue weighted by Gasteiger charge is -2.26. The summed E-state index contributed by atoms with van der Waals surface area (Å²) in [5.41, 5.74) is 1.69. The first-order valence-electron chi connectivity index (χ1n) is 7.89. The van der Waals surface area contributed by atoms with Crippen LogP contribution < -0.4 is 5.32 Å². The van der Waals surface area contributed by atoms with Crippen LogP contribution in [-0.4, -0.2) is 22.8 Å². The van der Waals surface area contributed by atoms with Crippen molar-refractivity contribution >= 4 is 11.8 Å². The Morgan fingerprint density at radius 3 is 2.83 bits per heavy atom. The second-order valence-corrected chi connectivity index (χ2v) is 5.69. The van der Waals surface area contributed by atoms with Crippen molar-refractivity contribution in [3.05, 3.63) is 59.5 Å². The molecule has 0 unspecified atom stereocenters. The van der Waals surface area contributed by atoms with Gasteiger partial charge in [-0.15, -0.1) is 0 Å². The zero-order valence-electron chi connectivity index (χ0n) is 13.1. The van der Waals surface area contributed by atoms with E-state index in [9.17, 15) is 9.59 Å². The number of amides is 2. The van der Waals surface area contributed by atoms with Crippen molar-refractivity contribution in [1.29, 1.82) is 0 Å². The van der Waals surface area contributed by atoms with E-state index in [1.54, 1.807) is 17.2 Å². The fraction of sp³-hybridized carbons (Fsp3) is 0.333. The van der Waals surface area contributed by atoms with Crippen LogP contribution in [0, 0.1) is 0 Å². The molecule has 1 aromatic carbocycles. The molecule has 0 fully saturated rings. The van der Waals surface area contributed by atoms with Gasteiger partial charge in [0, 0.05) is 12.1 Å². The van der Waals surface area contributed by atoms with E-state index in [1.807, 2.05) is 37.3 Å². The molecule has 0 aliphatic carbocycles. The van der Waals surface area contributed by atoms with E-state index in [2.05, 4.69) is 5.32 Å². The molecule has 0 radical (unpaired) electrons. The highest BCUT2D eigenvalue weighted by Gasteiger charge is 2.35. The second-order valence-electron chi connectivity index (χ2n) is 5.69. The maximum absolute atomic E-state index is 12.6. The Hall–Kier alpha value is -2.56. The molecular weight excluding hydrogens is 292 g/mol. The average Bonchev–Trinajstić information content (AvgIpc) is 3.19. The van der Waals surface area contributed by atoms with Gasteiger partial charge in [-0.05, 0) is 30.2 Å². The molecule has 2 heterocycles. The van der Waals surface area contributed by atoms with Gasteiger partial charge in [0.2, 0.25) is 5.91 Å². The third kappa shape index (κ3) is 3.13. The van der Waals surface area contributed by atoms with Gasteiger partial charge in [0.1, 0.15) is 11.8 Å². The van der Waals surface area contributed by atoms with Crippen molar-refractivity contribution in [3.8, 4) is 0 Å². The van der Waals surface area contributed by atoms with E-state index in [-0.39, 0.29) is 11.8 Å². The summed E-state index contributed by atoms with van der Waals surface area (Å²) in [5, 5.41) is 2.87. The monoisotopic (exact) mass is 312 g/mol. The number of rotatable bonds is 6. The van der Waals surface area contributed by atoms with Gasteiger partial charge in [-0.25, -0.2) is 0 Å². The molecule has 2 amide bonds. The molecule has 1 aliphatic heterocycles. The van der Waals surface area contributed by atoms with Gasteiger partial charge in [-0.1, -0.05) is 31.5 Å². The number of carbonyl (C=O) groups is 2. The molecule has 5 nitrogen and oxygen atoms in total. The molecule has 120 valence electrons. The summed E-state index contributed by atoms with van der Waals surface area (Å²) in [7, 11) is 0. The van der Waals surface area contributed by atoms with Gasteiger partial charge in [-0.2, -0.15) is 0 Å². The third-order valence-corrected chi connectivity index (χ3v) is 4.11. The van der Waals surface area contributed by atoms with Crippen molar-refractivity contribution in [2.24, 2.45) is 0 Å². The minimum Gasteiger partial charge on any atom is -0.467 e. The van der Waals surface area contributed by atoms with Crippen LogP contribution in [0.3, 0.4) is 0 Å². The van der Waals surface area contributed by atoms with Crippen LogP contribution >= 0.6 is 0 Å². The van der Waals surface area contributed by atoms with Gasteiger partial charge in [-0.3, -0.25) is 9.59 Å². The molecule has 1 N–H and O–H groups in total. The molecule has 23 heavy (non-hydrogen) atoms. The summed E-state index contributed by atoms with van der Waals surface area (Å²) in [6.45, 7) is 2.84. The molecule has 1 atom stereocenters. The normalized spacial score (nSPS) is 14.7. The summed E-state index contributed by atoms with van der Waals surface area (Å²) < 4.78 is 5.23. The lowest BCUT2D eigenvalue weighted by atomic mass is 10.1. The Balaban J connectivity index is 1.72. The number of nitrogens with zero attached hydrogens (tertiary/aromatic N) is 1. The predicted octanol–water partition coefficient (Wildman–Crippen LogP) is 2.72. The maximum Gasteiger partial charge on any atom is 0.255 e. The van der Waals surface area contributed by atoms with Crippen molar-refractivity contribution in [3.63, 3.8) is 0 Å². The molecular formula is C18H20N2O3. The summed E-state index contributed by atoms with van der Waals surface area (Å²) in [5.74, 6) is 0.501. The van der Waals surface area contributed by atoms with Gasteiger partial charge in [0.25, 0.3) is 5.91 Å². The average molecular weight is 312 g/mol. The topological polar surface area (TPSA) is 62.6 Å². The van der Waals surface area contributed by atoms with Crippen molar-refractivity contribution in [1.82, 2.24) is 10.2 Å². The van der Waals surface area contributed by atoms with Crippen molar-refractivity contribution in [2.75, 3.05) is 0 Å². The minimum absolute atomic E-state index is 0.0628. The first-order valence-corrected chi connectivity index (χ1v) is 7.89. The molecule has 0 saturated heterocycles. The number of furan rings is 1. The highest BCUT2D eigenvalue weighted by atomic mass is 16.3. The van der Waals surface area contributed by atoms with Gasteiger partial charge in [0.15, 0.2) is 0 Å². The minimum atomic E-state index is -0.449. The molecule has 0 spiro atoms. The van der Waals surface area contributed by atoms with Crippen LogP contribution in [0.4, 0.5) is 0 Å². The van der Waals surface area contributed by atoms with Crippen LogP contribution in [0.25, 0.3) is 0 Å². The fourth-order valence-corrected chi connectivity index (χ4v) is 2.94. The number of nitrogens with one attached hydrogen (secondary N) is 1. The first kappa shape index (κ1) is 15.3. The summed E-state index contributed by atoms with van der Waals surface area (Å²) >= 11 is 0. The van der Waals surface area contributed by atoms with Crippen LogP contribution in [0.15, 0.2) is 47.1 Å². The highest BCUT2D eigenvalue weighted by Crippen LogP contribution is 2.26. The summed E-state index contributed by atoms with van der Waals surface area (Å²) in [6, 6.07) is 10.7. The van der Waals surface area contributed by atoms with Crippen molar-refractivity contribution < 1.29 is 14.0 Å². The maximum atomic E-state index is 12.6.